The molecule has 2 heterocycles. The van der Waals surface area contributed by atoms with E-state index in [2.05, 4.69) is 36.1 Å². The largest absolute Gasteiger partial charge is 0.471 e. The summed E-state index contributed by atoms with van der Waals surface area (Å²) < 4.78 is 15.8. The lowest BCUT2D eigenvalue weighted by molar-refractivity contribution is -0.126. The van der Waals surface area contributed by atoms with Crippen molar-refractivity contribution in [2.75, 3.05) is 13.7 Å². The number of hydrogen-bond acceptors (Lipinski definition) is 7. The Balaban J connectivity index is 0.00000185. The molecule has 0 aromatic carbocycles. The number of carbonyl (C=O) groups is 2. The van der Waals surface area contributed by atoms with Crippen molar-refractivity contribution in [3.05, 3.63) is 36.0 Å². The molecule has 36 heavy (non-hydrogen) atoms. The zero-order valence-electron chi connectivity index (χ0n) is 23.4. The van der Waals surface area contributed by atoms with Crippen LogP contribution in [0.3, 0.4) is 0 Å². The maximum atomic E-state index is 12.0. The smallest absolute Gasteiger partial charge is 0.292 e. The monoisotopic (exact) mass is 511 g/mol. The van der Waals surface area contributed by atoms with Gasteiger partial charge in [-0.15, -0.1) is 0 Å². The van der Waals surface area contributed by atoms with Crippen LogP contribution in [-0.4, -0.2) is 72.4 Å². The van der Waals surface area contributed by atoms with Crippen molar-refractivity contribution in [3.63, 3.8) is 0 Å². The first-order chi connectivity index (χ1) is 17.0. The number of aliphatic hydroxyl groups is 2. The average molecular weight is 512 g/mol. The molecule has 7 atom stereocenters. The molecule has 8 heteroatoms. The number of amides is 1. The second-order valence-electron chi connectivity index (χ2n) is 9.54. The van der Waals surface area contributed by atoms with Gasteiger partial charge in [-0.2, -0.15) is 0 Å². The van der Waals surface area contributed by atoms with E-state index in [1.807, 2.05) is 33.8 Å². The van der Waals surface area contributed by atoms with Crippen molar-refractivity contribution in [2.24, 2.45) is 5.92 Å². The van der Waals surface area contributed by atoms with Crippen LogP contribution in [0, 0.1) is 5.92 Å². The van der Waals surface area contributed by atoms with Gasteiger partial charge in [-0.05, 0) is 52.9 Å². The zero-order valence-corrected chi connectivity index (χ0v) is 23.4. The minimum Gasteiger partial charge on any atom is -0.471 e. The lowest BCUT2D eigenvalue weighted by Gasteiger charge is -2.39. The number of rotatable bonds is 8. The Kier molecular flexibility index (Phi) is 17.3. The van der Waals surface area contributed by atoms with Gasteiger partial charge >= 0.3 is 0 Å². The topological polar surface area (TPSA) is 114 Å². The summed E-state index contributed by atoms with van der Waals surface area (Å²) in [5.41, 5.74) is 0.496. The highest BCUT2D eigenvalue weighted by atomic mass is 16.5. The molecular formula is C28H49NO7. The van der Waals surface area contributed by atoms with Crippen LogP contribution in [0.25, 0.3) is 0 Å². The number of carbonyl (C=O) groups excluding carboxylic acids is 2. The number of methoxy groups -OCH3 is 1. The minimum atomic E-state index is -0.648. The van der Waals surface area contributed by atoms with Gasteiger partial charge in [0.05, 0.1) is 49.8 Å². The van der Waals surface area contributed by atoms with Crippen molar-refractivity contribution in [1.82, 2.24) is 5.32 Å². The van der Waals surface area contributed by atoms with Gasteiger partial charge < -0.3 is 29.7 Å². The Morgan fingerprint density at radius 3 is 2.47 bits per heavy atom. The molecule has 7 unspecified atom stereocenters. The van der Waals surface area contributed by atoms with Crippen LogP contribution >= 0.6 is 0 Å². The zero-order chi connectivity index (χ0) is 27.7. The maximum absolute atomic E-state index is 12.0. The molecule has 0 saturated carbocycles. The van der Waals surface area contributed by atoms with Crippen molar-refractivity contribution < 1.29 is 34.0 Å². The Bertz CT molecular complexity index is 715. The summed E-state index contributed by atoms with van der Waals surface area (Å²) in [5, 5.41) is 22.4. The summed E-state index contributed by atoms with van der Waals surface area (Å²) in [6.07, 6.45) is 11.4. The molecule has 208 valence electrons. The Morgan fingerprint density at radius 2 is 1.92 bits per heavy atom. The van der Waals surface area contributed by atoms with Crippen LogP contribution in [-0.2, 0) is 23.8 Å². The number of hydrogen-bond donors (Lipinski definition) is 3. The molecule has 2 saturated heterocycles. The SMILES string of the molecule is CC.CC(/C=C/C1CC(C)(O)CCO1)=C\CC1OC(C)C(NC(=O)/C=C\C(C)O)CC1C.COC=O. The quantitative estimate of drug-likeness (QED) is 0.258. The average Bonchev–Trinajstić information content (AvgIpc) is 2.83. The molecule has 2 fully saturated rings. The van der Waals surface area contributed by atoms with Gasteiger partial charge in [0.25, 0.3) is 6.47 Å². The molecule has 0 bridgehead atoms. The van der Waals surface area contributed by atoms with Crippen LogP contribution in [0.15, 0.2) is 36.0 Å². The highest BCUT2D eigenvalue weighted by Gasteiger charge is 2.33. The van der Waals surface area contributed by atoms with Gasteiger partial charge in [-0.1, -0.05) is 50.6 Å². The fourth-order valence-corrected chi connectivity index (χ4v) is 3.95. The van der Waals surface area contributed by atoms with E-state index in [1.54, 1.807) is 6.92 Å². The van der Waals surface area contributed by atoms with E-state index in [9.17, 15) is 15.0 Å². The first-order valence-corrected chi connectivity index (χ1v) is 12.9. The standard InChI is InChI=1S/C24H39NO5.C2H4O2.C2H6/c1-16(6-9-20-15-24(5,28)12-13-29-20)7-10-22-17(2)14-21(19(4)30-22)25-23(27)11-8-18(3)26;1-4-2-3;1-2/h6-9,11,17-22,26,28H,10,12-15H2,1-5H3,(H,25,27);2H,1H3;1-2H3/b9-6+,11-8-,16-7+;;. The fourth-order valence-electron chi connectivity index (χ4n) is 3.95. The molecule has 1 amide bonds. The number of nitrogens with one attached hydrogen (secondary N) is 1. The summed E-state index contributed by atoms with van der Waals surface area (Å²) in [6.45, 7) is 14.6. The second-order valence-corrected chi connectivity index (χ2v) is 9.54. The Labute approximate surface area is 217 Å². The third-order valence-electron chi connectivity index (χ3n) is 6.03. The number of aliphatic hydroxyl groups excluding tert-OH is 1. The van der Waals surface area contributed by atoms with Gasteiger partial charge in [-0.3, -0.25) is 9.59 Å². The van der Waals surface area contributed by atoms with E-state index in [0.29, 0.717) is 31.8 Å². The predicted molar refractivity (Wildman–Crippen MR) is 142 cm³/mol. The molecule has 2 aliphatic rings. The third-order valence-corrected chi connectivity index (χ3v) is 6.03. The minimum absolute atomic E-state index is 0.0383. The highest BCUT2D eigenvalue weighted by Crippen LogP contribution is 2.28. The summed E-state index contributed by atoms with van der Waals surface area (Å²) in [7, 11) is 1.31. The molecule has 8 nitrogen and oxygen atoms in total. The first-order valence-electron chi connectivity index (χ1n) is 12.9. The predicted octanol–water partition coefficient (Wildman–Crippen LogP) is 3.86. The summed E-state index contributed by atoms with van der Waals surface area (Å²) in [5.74, 6) is 0.115. The number of allylic oxidation sites excluding steroid dienone is 2. The molecular weight excluding hydrogens is 462 g/mol. The maximum Gasteiger partial charge on any atom is 0.292 e. The fraction of sp³-hybridized carbons (Fsp3) is 0.714. The van der Waals surface area contributed by atoms with E-state index < -0.39 is 11.7 Å². The van der Waals surface area contributed by atoms with Crippen molar-refractivity contribution in [3.8, 4) is 0 Å². The van der Waals surface area contributed by atoms with E-state index in [0.717, 1.165) is 18.4 Å². The number of ether oxygens (including phenoxy) is 3. The summed E-state index contributed by atoms with van der Waals surface area (Å²) in [6, 6.07) is -0.0383. The van der Waals surface area contributed by atoms with Crippen molar-refractivity contribution in [1.29, 1.82) is 0 Å². The normalized spacial score (nSPS) is 31.5. The van der Waals surface area contributed by atoms with Crippen LogP contribution in [0.2, 0.25) is 0 Å². The van der Waals surface area contributed by atoms with Crippen LogP contribution in [0.1, 0.15) is 74.1 Å². The summed E-state index contributed by atoms with van der Waals surface area (Å²) in [4.78, 5) is 21.0. The molecule has 0 spiro atoms. The van der Waals surface area contributed by atoms with E-state index >= 15 is 0 Å². The van der Waals surface area contributed by atoms with E-state index in [-0.39, 0.29) is 30.3 Å². The molecule has 3 N–H and O–H groups in total. The van der Waals surface area contributed by atoms with Gasteiger partial charge in [0, 0.05) is 12.5 Å². The van der Waals surface area contributed by atoms with Crippen molar-refractivity contribution >= 4 is 12.4 Å². The van der Waals surface area contributed by atoms with E-state index in [4.69, 9.17) is 14.3 Å². The van der Waals surface area contributed by atoms with Crippen LogP contribution in [0.5, 0.6) is 0 Å². The molecule has 0 aromatic heterocycles. The van der Waals surface area contributed by atoms with Gasteiger partial charge in [0.15, 0.2) is 0 Å². The molecule has 2 rings (SSSR count). The lowest BCUT2D eigenvalue weighted by atomic mass is 9.88. The molecule has 0 aromatic rings. The lowest BCUT2D eigenvalue weighted by Crippen LogP contribution is -2.50. The Hall–Kier alpha value is -2.00. The Morgan fingerprint density at radius 1 is 1.28 bits per heavy atom. The van der Waals surface area contributed by atoms with Gasteiger partial charge in [-0.25, -0.2) is 0 Å². The molecule has 0 radical (unpaired) electrons. The first kappa shape index (κ1) is 34.0. The molecule has 2 aliphatic heterocycles. The second kappa shape index (κ2) is 18.3. The van der Waals surface area contributed by atoms with Crippen LogP contribution < -0.4 is 5.32 Å². The van der Waals surface area contributed by atoms with Gasteiger partial charge in [0.1, 0.15) is 0 Å². The van der Waals surface area contributed by atoms with Gasteiger partial charge in [0.2, 0.25) is 5.91 Å². The summed E-state index contributed by atoms with van der Waals surface area (Å²) >= 11 is 0. The van der Waals surface area contributed by atoms with Crippen LogP contribution in [0.4, 0.5) is 0 Å². The molecule has 0 aliphatic carbocycles. The van der Waals surface area contributed by atoms with E-state index in [1.165, 1.54) is 19.3 Å². The van der Waals surface area contributed by atoms with Crippen molar-refractivity contribution in [2.45, 2.75) is 110 Å². The highest BCUT2D eigenvalue weighted by molar-refractivity contribution is 5.87. The third kappa shape index (κ3) is 14.5.